The van der Waals surface area contributed by atoms with Crippen molar-refractivity contribution in [3.63, 3.8) is 0 Å². The fourth-order valence-electron chi connectivity index (χ4n) is 2.73. The van der Waals surface area contributed by atoms with Gasteiger partial charge in [-0.05, 0) is 26.2 Å². The molecule has 0 heterocycles. The van der Waals surface area contributed by atoms with Crippen LogP contribution in [0.1, 0.15) is 66.2 Å². The molecule has 0 radical (unpaired) electrons. The number of hydrogen-bond acceptors (Lipinski definition) is 1. The molecule has 0 N–H and O–H groups in total. The first kappa shape index (κ1) is 16.9. The van der Waals surface area contributed by atoms with Crippen molar-refractivity contribution in [1.82, 2.24) is 0 Å². The molecule has 104 valence electrons. The second-order valence-electron chi connectivity index (χ2n) is 5.17. The molecule has 0 saturated carbocycles. The predicted molar refractivity (Wildman–Crippen MR) is 76.1 cm³/mol. The van der Waals surface area contributed by atoms with Crippen molar-refractivity contribution in [2.24, 2.45) is 0 Å². The molecule has 0 aromatic rings. The van der Waals surface area contributed by atoms with Gasteiger partial charge in [-0.1, -0.05) is 33.6 Å². The van der Waals surface area contributed by atoms with Gasteiger partial charge in [0, 0.05) is 13.5 Å². The van der Waals surface area contributed by atoms with Crippen LogP contribution in [-0.2, 0) is 4.74 Å². The Bertz CT molecular complexity index is 162. The molecule has 0 amide bonds. The van der Waals surface area contributed by atoms with Crippen molar-refractivity contribution in [3.8, 4) is 0 Å². The van der Waals surface area contributed by atoms with Crippen molar-refractivity contribution in [3.05, 3.63) is 0 Å². The Kier molecular flexibility index (Phi) is 9.85. The SMILES string of the molecule is CCCC[N+](CC)(CCCC)C(CCC)OC. The van der Waals surface area contributed by atoms with Crippen molar-refractivity contribution in [1.29, 1.82) is 0 Å². The molecule has 0 aromatic carbocycles. The minimum atomic E-state index is 0.406. The Morgan fingerprint density at radius 1 is 0.882 bits per heavy atom. The van der Waals surface area contributed by atoms with Gasteiger partial charge in [0.2, 0.25) is 0 Å². The molecule has 17 heavy (non-hydrogen) atoms. The van der Waals surface area contributed by atoms with Crippen LogP contribution in [0.25, 0.3) is 0 Å². The number of quaternary nitrogens is 1. The third-order valence-corrected chi connectivity index (χ3v) is 3.96. The summed E-state index contributed by atoms with van der Waals surface area (Å²) < 4.78 is 6.99. The topological polar surface area (TPSA) is 9.23 Å². The summed E-state index contributed by atoms with van der Waals surface area (Å²) in [5.41, 5.74) is 0. The number of unbranched alkanes of at least 4 members (excludes halogenated alkanes) is 2. The smallest absolute Gasteiger partial charge is 0.192 e. The van der Waals surface area contributed by atoms with Gasteiger partial charge in [-0.2, -0.15) is 0 Å². The molecule has 0 saturated heterocycles. The van der Waals surface area contributed by atoms with E-state index in [0.717, 1.165) is 0 Å². The fourth-order valence-corrected chi connectivity index (χ4v) is 2.73. The van der Waals surface area contributed by atoms with Crippen LogP contribution in [0.5, 0.6) is 0 Å². The molecule has 0 rings (SSSR count). The third kappa shape index (κ3) is 5.39. The Balaban J connectivity index is 4.71. The second-order valence-corrected chi connectivity index (χ2v) is 5.17. The van der Waals surface area contributed by atoms with E-state index >= 15 is 0 Å². The summed E-state index contributed by atoms with van der Waals surface area (Å²) in [5.74, 6) is 0. The minimum absolute atomic E-state index is 0.406. The average Bonchev–Trinajstić information content (AvgIpc) is 2.37. The lowest BCUT2D eigenvalue weighted by Gasteiger charge is -2.43. The maximum absolute atomic E-state index is 5.81. The molecule has 0 aromatic heterocycles. The normalized spacial score (nSPS) is 13.9. The molecule has 0 fully saturated rings. The largest absolute Gasteiger partial charge is 0.332 e. The molecular formula is C15H34NO+. The third-order valence-electron chi connectivity index (χ3n) is 3.96. The summed E-state index contributed by atoms with van der Waals surface area (Å²) in [5, 5.41) is 0. The van der Waals surface area contributed by atoms with Gasteiger partial charge in [0.15, 0.2) is 6.23 Å². The van der Waals surface area contributed by atoms with Gasteiger partial charge < -0.3 is 4.74 Å². The first-order valence-electron chi connectivity index (χ1n) is 7.59. The molecule has 0 bridgehead atoms. The molecule has 0 aliphatic carbocycles. The van der Waals surface area contributed by atoms with Crippen molar-refractivity contribution < 1.29 is 9.22 Å². The van der Waals surface area contributed by atoms with Gasteiger partial charge in [0.1, 0.15) is 0 Å². The van der Waals surface area contributed by atoms with E-state index in [4.69, 9.17) is 4.74 Å². The van der Waals surface area contributed by atoms with Gasteiger partial charge in [-0.15, -0.1) is 0 Å². The first-order valence-corrected chi connectivity index (χ1v) is 7.59. The standard InChI is InChI=1S/C15H34NO/c1-6-10-13-16(9-4,14-11-7-2)15(17-5)12-8-3/h15H,6-14H2,1-5H3/q+1. The highest BCUT2D eigenvalue weighted by Gasteiger charge is 2.33. The molecular weight excluding hydrogens is 210 g/mol. The Hall–Kier alpha value is -0.0800. The van der Waals surface area contributed by atoms with E-state index in [1.165, 1.54) is 62.6 Å². The van der Waals surface area contributed by atoms with Crippen LogP contribution in [-0.4, -0.2) is 37.5 Å². The van der Waals surface area contributed by atoms with Crippen LogP contribution < -0.4 is 0 Å². The van der Waals surface area contributed by atoms with Gasteiger partial charge >= 0.3 is 0 Å². The van der Waals surface area contributed by atoms with Crippen LogP contribution in [0.2, 0.25) is 0 Å². The predicted octanol–water partition coefficient (Wildman–Crippen LogP) is 4.20. The highest BCUT2D eigenvalue weighted by atomic mass is 16.5. The number of nitrogens with zero attached hydrogens (tertiary/aromatic N) is 1. The molecule has 0 aliphatic rings. The van der Waals surface area contributed by atoms with E-state index < -0.39 is 0 Å². The highest BCUT2D eigenvalue weighted by molar-refractivity contribution is 4.52. The molecule has 1 unspecified atom stereocenters. The average molecular weight is 244 g/mol. The number of rotatable bonds is 11. The van der Waals surface area contributed by atoms with E-state index in [0.29, 0.717) is 6.23 Å². The Morgan fingerprint density at radius 2 is 1.41 bits per heavy atom. The van der Waals surface area contributed by atoms with Crippen molar-refractivity contribution in [2.75, 3.05) is 26.7 Å². The van der Waals surface area contributed by atoms with E-state index in [1.807, 2.05) is 7.11 Å². The quantitative estimate of drug-likeness (QED) is 0.391. The minimum Gasteiger partial charge on any atom is -0.332 e. The number of ether oxygens (including phenoxy) is 1. The Labute approximate surface area is 109 Å². The maximum atomic E-state index is 5.81. The summed E-state index contributed by atoms with van der Waals surface area (Å²) in [6.07, 6.45) is 8.03. The number of hydrogen-bond donors (Lipinski definition) is 0. The van der Waals surface area contributed by atoms with E-state index in [9.17, 15) is 0 Å². The molecule has 2 nitrogen and oxygen atoms in total. The summed E-state index contributed by atoms with van der Waals surface area (Å²) in [4.78, 5) is 0. The van der Waals surface area contributed by atoms with E-state index in [-0.39, 0.29) is 0 Å². The van der Waals surface area contributed by atoms with Crippen LogP contribution >= 0.6 is 0 Å². The first-order chi connectivity index (χ1) is 8.20. The summed E-state index contributed by atoms with van der Waals surface area (Å²) in [6, 6.07) is 0. The lowest BCUT2D eigenvalue weighted by Crippen LogP contribution is -2.57. The molecule has 0 aliphatic heterocycles. The Morgan fingerprint density at radius 3 is 1.71 bits per heavy atom. The van der Waals surface area contributed by atoms with Crippen molar-refractivity contribution >= 4 is 0 Å². The van der Waals surface area contributed by atoms with Gasteiger partial charge in [0.05, 0.1) is 19.6 Å². The second kappa shape index (κ2) is 9.90. The number of methoxy groups -OCH3 is 1. The van der Waals surface area contributed by atoms with Gasteiger partial charge in [-0.3, -0.25) is 4.48 Å². The molecule has 1 atom stereocenters. The highest BCUT2D eigenvalue weighted by Crippen LogP contribution is 2.21. The fraction of sp³-hybridized carbons (Fsp3) is 1.00. The molecule has 0 spiro atoms. The van der Waals surface area contributed by atoms with Crippen molar-refractivity contribution in [2.45, 2.75) is 72.4 Å². The van der Waals surface area contributed by atoms with Crippen LogP contribution in [0, 0.1) is 0 Å². The van der Waals surface area contributed by atoms with Gasteiger partial charge in [0.25, 0.3) is 0 Å². The lowest BCUT2D eigenvalue weighted by atomic mass is 10.1. The van der Waals surface area contributed by atoms with Crippen LogP contribution in [0.3, 0.4) is 0 Å². The molecule has 2 heteroatoms. The maximum Gasteiger partial charge on any atom is 0.192 e. The monoisotopic (exact) mass is 244 g/mol. The van der Waals surface area contributed by atoms with E-state index in [2.05, 4.69) is 27.7 Å². The van der Waals surface area contributed by atoms with E-state index in [1.54, 1.807) is 0 Å². The zero-order valence-electron chi connectivity index (χ0n) is 12.8. The van der Waals surface area contributed by atoms with Gasteiger partial charge in [-0.25, -0.2) is 0 Å². The van der Waals surface area contributed by atoms with Crippen LogP contribution in [0.4, 0.5) is 0 Å². The lowest BCUT2D eigenvalue weighted by molar-refractivity contribution is -0.970. The zero-order valence-corrected chi connectivity index (χ0v) is 12.8. The van der Waals surface area contributed by atoms with Crippen LogP contribution in [0.15, 0.2) is 0 Å². The summed E-state index contributed by atoms with van der Waals surface area (Å²) in [7, 11) is 1.89. The summed E-state index contributed by atoms with van der Waals surface area (Å²) in [6.45, 7) is 12.9. The summed E-state index contributed by atoms with van der Waals surface area (Å²) >= 11 is 0. The zero-order chi connectivity index (χ0) is 13.1.